The first kappa shape index (κ1) is 18.2. The van der Waals surface area contributed by atoms with Crippen molar-refractivity contribution in [3.8, 4) is 11.6 Å². The highest BCUT2D eigenvalue weighted by molar-refractivity contribution is 5.29. The van der Waals surface area contributed by atoms with E-state index >= 15 is 0 Å². The highest BCUT2D eigenvalue weighted by atomic mass is 16.5. The first-order chi connectivity index (χ1) is 13.1. The van der Waals surface area contributed by atoms with Gasteiger partial charge in [0.2, 0.25) is 5.88 Å². The molecule has 5 heteroatoms. The summed E-state index contributed by atoms with van der Waals surface area (Å²) in [5.41, 5.74) is 2.33. The van der Waals surface area contributed by atoms with Crippen LogP contribution in [0.5, 0.6) is 11.6 Å². The highest BCUT2D eigenvalue weighted by Crippen LogP contribution is 2.47. The van der Waals surface area contributed by atoms with Crippen molar-refractivity contribution in [2.24, 2.45) is 11.8 Å². The molecule has 2 aromatic heterocycles. The van der Waals surface area contributed by atoms with Crippen molar-refractivity contribution >= 4 is 0 Å². The Labute approximate surface area is 161 Å². The molecule has 2 aromatic rings. The standard InChI is InChI=1S/C22H29N3O2/c1-14-4-6-16(7-5-14)20-12-23-15(2)25-22(20)27-13-17-10-19(17)21-9-8-18(26-3)11-24-21/h8-9,11-12,14,16-17,19H,4-7,10,13H2,1-3H3. The molecule has 27 heavy (non-hydrogen) atoms. The molecule has 0 saturated heterocycles. The van der Waals surface area contributed by atoms with Crippen molar-refractivity contribution in [1.29, 1.82) is 0 Å². The van der Waals surface area contributed by atoms with Crippen LogP contribution < -0.4 is 9.47 Å². The average Bonchev–Trinajstić information content (AvgIpc) is 3.47. The van der Waals surface area contributed by atoms with Crippen molar-refractivity contribution < 1.29 is 9.47 Å². The summed E-state index contributed by atoms with van der Waals surface area (Å²) >= 11 is 0. The number of pyridine rings is 1. The summed E-state index contributed by atoms with van der Waals surface area (Å²) in [5, 5.41) is 0. The van der Waals surface area contributed by atoms with Crippen LogP contribution in [0.15, 0.2) is 24.5 Å². The Balaban J connectivity index is 1.39. The molecule has 0 radical (unpaired) electrons. The van der Waals surface area contributed by atoms with Crippen LogP contribution in [0.2, 0.25) is 0 Å². The molecular formula is C22H29N3O2. The summed E-state index contributed by atoms with van der Waals surface area (Å²) in [6.45, 7) is 4.98. The Morgan fingerprint density at radius 2 is 1.89 bits per heavy atom. The van der Waals surface area contributed by atoms with Gasteiger partial charge in [-0.1, -0.05) is 19.8 Å². The fourth-order valence-corrected chi connectivity index (χ4v) is 4.14. The van der Waals surface area contributed by atoms with E-state index in [2.05, 4.69) is 27.9 Å². The van der Waals surface area contributed by atoms with Gasteiger partial charge in [-0.2, -0.15) is 4.98 Å². The molecule has 5 nitrogen and oxygen atoms in total. The topological polar surface area (TPSA) is 57.1 Å². The molecule has 2 atom stereocenters. The number of methoxy groups -OCH3 is 1. The normalized spacial score (nSPS) is 27.2. The Morgan fingerprint density at radius 3 is 2.59 bits per heavy atom. The lowest BCUT2D eigenvalue weighted by Crippen LogP contribution is -2.14. The Morgan fingerprint density at radius 1 is 1.07 bits per heavy atom. The lowest BCUT2D eigenvalue weighted by molar-refractivity contribution is 0.272. The Kier molecular flexibility index (Phi) is 5.28. The molecule has 144 valence electrons. The third-order valence-electron chi connectivity index (χ3n) is 6.09. The van der Waals surface area contributed by atoms with Crippen molar-refractivity contribution in [1.82, 2.24) is 15.0 Å². The third-order valence-corrected chi connectivity index (χ3v) is 6.09. The predicted octanol–water partition coefficient (Wildman–Crippen LogP) is 4.66. The summed E-state index contributed by atoms with van der Waals surface area (Å²) in [4.78, 5) is 13.6. The molecule has 2 unspecified atom stereocenters. The fourth-order valence-electron chi connectivity index (χ4n) is 4.14. The van der Waals surface area contributed by atoms with Gasteiger partial charge in [-0.15, -0.1) is 0 Å². The number of hydrogen-bond donors (Lipinski definition) is 0. The third kappa shape index (κ3) is 4.23. The van der Waals surface area contributed by atoms with E-state index < -0.39 is 0 Å². The molecule has 0 N–H and O–H groups in total. The van der Waals surface area contributed by atoms with Gasteiger partial charge < -0.3 is 9.47 Å². The van der Waals surface area contributed by atoms with E-state index in [1.165, 1.54) is 31.2 Å². The molecule has 0 spiro atoms. The van der Waals surface area contributed by atoms with Crippen molar-refractivity contribution in [2.75, 3.05) is 13.7 Å². The second-order valence-electron chi connectivity index (χ2n) is 8.17. The summed E-state index contributed by atoms with van der Waals surface area (Å²) in [6.07, 6.45) is 9.91. The van der Waals surface area contributed by atoms with Crippen LogP contribution in [0.3, 0.4) is 0 Å². The van der Waals surface area contributed by atoms with E-state index in [1.807, 2.05) is 19.2 Å². The van der Waals surface area contributed by atoms with Crippen LogP contribution >= 0.6 is 0 Å². The summed E-state index contributed by atoms with van der Waals surface area (Å²) in [6, 6.07) is 4.04. The molecular weight excluding hydrogens is 338 g/mol. The monoisotopic (exact) mass is 367 g/mol. The van der Waals surface area contributed by atoms with Gasteiger partial charge in [0.25, 0.3) is 0 Å². The quantitative estimate of drug-likeness (QED) is 0.743. The second-order valence-corrected chi connectivity index (χ2v) is 8.17. The largest absolute Gasteiger partial charge is 0.495 e. The van der Waals surface area contributed by atoms with Crippen molar-refractivity contribution in [3.05, 3.63) is 41.6 Å². The van der Waals surface area contributed by atoms with E-state index in [-0.39, 0.29) is 0 Å². The molecule has 0 bridgehead atoms. The number of hydrogen-bond acceptors (Lipinski definition) is 5. The van der Waals surface area contributed by atoms with Crippen LogP contribution in [0.4, 0.5) is 0 Å². The fraction of sp³-hybridized carbons (Fsp3) is 0.591. The first-order valence-electron chi connectivity index (χ1n) is 10.1. The van der Waals surface area contributed by atoms with Crippen LogP contribution in [0, 0.1) is 18.8 Å². The van der Waals surface area contributed by atoms with Gasteiger partial charge in [-0.25, -0.2) is 4.98 Å². The van der Waals surface area contributed by atoms with Crippen LogP contribution in [0.25, 0.3) is 0 Å². The van der Waals surface area contributed by atoms with Crippen LogP contribution in [-0.4, -0.2) is 28.7 Å². The molecule has 4 rings (SSSR count). The van der Waals surface area contributed by atoms with Gasteiger partial charge in [-0.05, 0) is 50.2 Å². The molecule has 2 saturated carbocycles. The van der Waals surface area contributed by atoms with Gasteiger partial charge in [0.15, 0.2) is 0 Å². The molecule has 2 aliphatic rings. The maximum absolute atomic E-state index is 6.22. The Bertz CT molecular complexity index is 770. The number of nitrogens with zero attached hydrogens (tertiary/aromatic N) is 3. The van der Waals surface area contributed by atoms with Gasteiger partial charge >= 0.3 is 0 Å². The smallest absolute Gasteiger partial charge is 0.220 e. The van der Waals surface area contributed by atoms with E-state index in [9.17, 15) is 0 Å². The summed E-state index contributed by atoms with van der Waals surface area (Å²) < 4.78 is 11.4. The van der Waals surface area contributed by atoms with Gasteiger partial charge in [0.05, 0.1) is 19.9 Å². The number of aromatic nitrogens is 3. The number of aryl methyl sites for hydroxylation is 1. The van der Waals surface area contributed by atoms with Crippen LogP contribution in [-0.2, 0) is 0 Å². The molecule has 2 heterocycles. The van der Waals surface area contributed by atoms with Crippen molar-refractivity contribution in [2.45, 2.75) is 57.8 Å². The zero-order valence-corrected chi connectivity index (χ0v) is 16.5. The van der Waals surface area contributed by atoms with E-state index in [0.29, 0.717) is 24.4 Å². The second kappa shape index (κ2) is 7.83. The first-order valence-corrected chi connectivity index (χ1v) is 10.1. The Hall–Kier alpha value is -2.17. The van der Waals surface area contributed by atoms with Gasteiger partial charge in [0.1, 0.15) is 11.6 Å². The molecule has 2 aliphatic carbocycles. The summed E-state index contributed by atoms with van der Waals surface area (Å²) in [7, 11) is 1.67. The molecule has 0 amide bonds. The molecule has 0 aliphatic heterocycles. The molecule has 2 fully saturated rings. The lowest BCUT2D eigenvalue weighted by Gasteiger charge is -2.27. The summed E-state index contributed by atoms with van der Waals surface area (Å²) in [5.74, 6) is 4.75. The number of rotatable bonds is 6. The lowest BCUT2D eigenvalue weighted by atomic mass is 9.80. The van der Waals surface area contributed by atoms with Gasteiger partial charge in [0, 0.05) is 29.3 Å². The average molecular weight is 367 g/mol. The van der Waals surface area contributed by atoms with Crippen LogP contribution in [0.1, 0.15) is 67.9 Å². The maximum atomic E-state index is 6.22. The minimum absolute atomic E-state index is 0.484. The van der Waals surface area contributed by atoms with E-state index in [4.69, 9.17) is 9.47 Å². The SMILES string of the molecule is COc1ccc(C2CC2COc2nc(C)ncc2C2CCC(C)CC2)nc1. The zero-order chi connectivity index (χ0) is 18.8. The minimum atomic E-state index is 0.484. The maximum Gasteiger partial charge on any atom is 0.220 e. The number of ether oxygens (including phenoxy) is 2. The van der Waals surface area contributed by atoms with E-state index in [1.54, 1.807) is 13.3 Å². The predicted molar refractivity (Wildman–Crippen MR) is 104 cm³/mol. The van der Waals surface area contributed by atoms with Crippen molar-refractivity contribution in [3.63, 3.8) is 0 Å². The van der Waals surface area contributed by atoms with E-state index in [0.717, 1.165) is 35.5 Å². The van der Waals surface area contributed by atoms with Gasteiger partial charge in [-0.3, -0.25) is 4.98 Å². The minimum Gasteiger partial charge on any atom is -0.495 e. The highest BCUT2D eigenvalue weighted by Gasteiger charge is 2.40. The zero-order valence-electron chi connectivity index (χ0n) is 16.5. The molecule has 0 aromatic carbocycles.